The highest BCUT2D eigenvalue weighted by atomic mass is 16.3. The summed E-state index contributed by atoms with van der Waals surface area (Å²) in [7, 11) is 0. The smallest absolute Gasteiger partial charge is 0.0543 e. The van der Waals surface area contributed by atoms with Crippen molar-refractivity contribution in [2.45, 2.75) is 111 Å². The molecule has 0 radical (unpaired) electrons. The number of aliphatic hydroxyl groups is 2. The number of hydrogen-bond donors (Lipinski definition) is 2. The lowest BCUT2D eigenvalue weighted by Crippen LogP contribution is -2.54. The first-order valence-electron chi connectivity index (χ1n) is 13.1. The van der Waals surface area contributed by atoms with Crippen LogP contribution in [0.5, 0.6) is 0 Å². The van der Waals surface area contributed by atoms with Crippen LogP contribution in [0, 0.1) is 52.3 Å². The van der Waals surface area contributed by atoms with Crippen LogP contribution in [-0.2, 0) is 0 Å². The van der Waals surface area contributed by atoms with Crippen molar-refractivity contribution in [1.29, 1.82) is 0 Å². The molecular formula is C27H48O2. The molecule has 0 amide bonds. The maximum atomic E-state index is 10.3. The van der Waals surface area contributed by atoms with Crippen molar-refractivity contribution in [3.8, 4) is 0 Å². The Morgan fingerprint density at radius 3 is 2.34 bits per heavy atom. The Morgan fingerprint density at radius 1 is 0.862 bits per heavy atom. The fraction of sp³-hybridized carbons (Fsp3) is 1.00. The van der Waals surface area contributed by atoms with Gasteiger partial charge in [0, 0.05) is 6.61 Å². The van der Waals surface area contributed by atoms with Crippen LogP contribution in [0.15, 0.2) is 0 Å². The molecule has 0 saturated heterocycles. The average Bonchev–Trinajstić information content (AvgIpc) is 3.05. The summed E-state index contributed by atoms with van der Waals surface area (Å²) >= 11 is 0. The van der Waals surface area contributed by atoms with Crippen molar-refractivity contribution in [3.63, 3.8) is 0 Å². The van der Waals surface area contributed by atoms with Crippen molar-refractivity contribution >= 4 is 0 Å². The zero-order valence-electron chi connectivity index (χ0n) is 19.7. The quantitative estimate of drug-likeness (QED) is 0.534. The summed E-state index contributed by atoms with van der Waals surface area (Å²) in [6, 6.07) is 0. The van der Waals surface area contributed by atoms with E-state index in [0.717, 1.165) is 48.3 Å². The van der Waals surface area contributed by atoms with Gasteiger partial charge in [-0.3, -0.25) is 0 Å². The molecule has 4 aliphatic carbocycles. The first-order valence-corrected chi connectivity index (χ1v) is 13.1. The predicted octanol–water partition coefficient (Wildman–Crippen LogP) is 6.44. The normalized spacial score (nSPS) is 49.0. The Labute approximate surface area is 180 Å². The summed E-state index contributed by atoms with van der Waals surface area (Å²) in [5.74, 6) is 5.83. The van der Waals surface area contributed by atoms with Gasteiger partial charge in [0.15, 0.2) is 0 Å². The van der Waals surface area contributed by atoms with Gasteiger partial charge in [-0.1, -0.05) is 40.5 Å². The maximum absolute atomic E-state index is 10.3. The minimum atomic E-state index is -0.0243. The second-order valence-corrected chi connectivity index (χ2v) is 12.5. The monoisotopic (exact) mass is 404 g/mol. The molecule has 4 aliphatic rings. The Bertz CT molecular complexity index is 561. The van der Waals surface area contributed by atoms with Gasteiger partial charge in [0.05, 0.1) is 6.10 Å². The third-order valence-electron chi connectivity index (χ3n) is 11.1. The molecule has 29 heavy (non-hydrogen) atoms. The zero-order valence-corrected chi connectivity index (χ0v) is 19.7. The molecule has 0 aromatic heterocycles. The molecule has 4 fully saturated rings. The van der Waals surface area contributed by atoms with Crippen LogP contribution >= 0.6 is 0 Å². The van der Waals surface area contributed by atoms with Gasteiger partial charge in [-0.2, -0.15) is 0 Å². The summed E-state index contributed by atoms with van der Waals surface area (Å²) in [6.45, 7) is 10.4. The van der Waals surface area contributed by atoms with E-state index in [0.29, 0.717) is 23.4 Å². The van der Waals surface area contributed by atoms with E-state index < -0.39 is 0 Å². The molecule has 1 unspecified atom stereocenters. The molecule has 2 nitrogen and oxygen atoms in total. The number of hydrogen-bond acceptors (Lipinski definition) is 2. The van der Waals surface area contributed by atoms with E-state index in [1.807, 2.05) is 0 Å². The van der Waals surface area contributed by atoms with Crippen molar-refractivity contribution < 1.29 is 10.2 Å². The van der Waals surface area contributed by atoms with Crippen LogP contribution in [0.25, 0.3) is 0 Å². The van der Waals surface area contributed by atoms with Gasteiger partial charge in [-0.05, 0) is 116 Å². The molecule has 4 saturated carbocycles. The zero-order chi connectivity index (χ0) is 20.8. The van der Waals surface area contributed by atoms with Gasteiger partial charge in [-0.25, -0.2) is 0 Å². The third-order valence-corrected chi connectivity index (χ3v) is 11.1. The summed E-state index contributed by atoms with van der Waals surface area (Å²) in [5.41, 5.74) is 1.08. The maximum Gasteiger partial charge on any atom is 0.0543 e. The van der Waals surface area contributed by atoms with E-state index in [4.69, 9.17) is 0 Å². The van der Waals surface area contributed by atoms with Crippen molar-refractivity contribution in [3.05, 3.63) is 0 Å². The Morgan fingerprint density at radius 2 is 1.59 bits per heavy atom. The SMILES string of the molecule is CC(CO)CCC[C@@H](C)[C@H]1CC[C@H]2[C@@H]3CC[C@@H]4C[C@H](O)CC[C@]4(C)[C@H]3CC[C@]12C. The fourth-order valence-corrected chi connectivity index (χ4v) is 9.29. The van der Waals surface area contributed by atoms with Gasteiger partial charge < -0.3 is 10.2 Å². The van der Waals surface area contributed by atoms with Gasteiger partial charge in [0.2, 0.25) is 0 Å². The largest absolute Gasteiger partial charge is 0.396 e. The highest BCUT2D eigenvalue weighted by Gasteiger charge is 2.60. The van der Waals surface area contributed by atoms with Crippen LogP contribution in [-0.4, -0.2) is 22.9 Å². The molecule has 2 N–H and O–H groups in total. The summed E-state index contributed by atoms with van der Waals surface area (Å²) in [4.78, 5) is 0. The van der Waals surface area contributed by atoms with Gasteiger partial charge in [-0.15, -0.1) is 0 Å². The molecule has 2 heteroatoms. The highest BCUT2D eigenvalue weighted by Crippen LogP contribution is 2.68. The average molecular weight is 405 g/mol. The van der Waals surface area contributed by atoms with Crippen molar-refractivity contribution in [2.75, 3.05) is 6.61 Å². The molecule has 0 aliphatic heterocycles. The molecule has 0 aromatic rings. The summed E-state index contributed by atoms with van der Waals surface area (Å²) < 4.78 is 0. The molecule has 0 spiro atoms. The van der Waals surface area contributed by atoms with Crippen LogP contribution in [0.2, 0.25) is 0 Å². The van der Waals surface area contributed by atoms with Crippen molar-refractivity contribution in [1.82, 2.24) is 0 Å². The standard InChI is InChI=1S/C27H48O2/c1-18(17-28)6-5-7-19(2)23-10-11-24-22-9-8-20-16-21(29)12-14-26(20,3)25(22)13-15-27(23,24)4/h18-25,28-29H,5-17H2,1-4H3/t18?,19-,20-,21-,22+,23-,24+,25+,26+,27-/m1/s1. The number of aliphatic hydroxyl groups excluding tert-OH is 2. The second-order valence-electron chi connectivity index (χ2n) is 12.5. The molecule has 168 valence electrons. The highest BCUT2D eigenvalue weighted by molar-refractivity contribution is 5.09. The first-order chi connectivity index (χ1) is 13.8. The van der Waals surface area contributed by atoms with E-state index in [1.54, 1.807) is 0 Å². The predicted molar refractivity (Wildman–Crippen MR) is 120 cm³/mol. The fourth-order valence-electron chi connectivity index (χ4n) is 9.29. The van der Waals surface area contributed by atoms with Crippen molar-refractivity contribution in [2.24, 2.45) is 52.3 Å². The summed E-state index contributed by atoms with van der Waals surface area (Å²) in [6.07, 6.45) is 15.8. The minimum absolute atomic E-state index is 0.0243. The number of rotatable bonds is 6. The Kier molecular flexibility index (Phi) is 6.45. The van der Waals surface area contributed by atoms with E-state index in [-0.39, 0.29) is 6.10 Å². The second kappa shape index (κ2) is 8.45. The van der Waals surface area contributed by atoms with Crippen LogP contribution in [0.4, 0.5) is 0 Å². The van der Waals surface area contributed by atoms with Gasteiger partial charge in [0.1, 0.15) is 0 Å². The van der Waals surface area contributed by atoms with E-state index in [9.17, 15) is 10.2 Å². The van der Waals surface area contributed by atoms with Crippen LogP contribution < -0.4 is 0 Å². The van der Waals surface area contributed by atoms with E-state index >= 15 is 0 Å². The Hall–Kier alpha value is -0.0800. The third kappa shape index (κ3) is 3.84. The molecule has 10 atom stereocenters. The topological polar surface area (TPSA) is 40.5 Å². The minimum Gasteiger partial charge on any atom is -0.396 e. The molecular weight excluding hydrogens is 356 g/mol. The number of fused-ring (bicyclic) bond motifs is 5. The van der Waals surface area contributed by atoms with Crippen LogP contribution in [0.3, 0.4) is 0 Å². The van der Waals surface area contributed by atoms with Gasteiger partial charge >= 0.3 is 0 Å². The lowest BCUT2D eigenvalue weighted by Gasteiger charge is -2.61. The lowest BCUT2D eigenvalue weighted by atomic mass is 9.44. The molecule has 4 rings (SSSR count). The van der Waals surface area contributed by atoms with Gasteiger partial charge in [0.25, 0.3) is 0 Å². The Balaban J connectivity index is 1.43. The summed E-state index contributed by atoms with van der Waals surface area (Å²) in [5, 5.41) is 19.6. The van der Waals surface area contributed by atoms with E-state index in [2.05, 4.69) is 27.7 Å². The lowest BCUT2D eigenvalue weighted by molar-refractivity contribution is -0.129. The molecule has 0 bridgehead atoms. The van der Waals surface area contributed by atoms with Crippen LogP contribution in [0.1, 0.15) is 105 Å². The van der Waals surface area contributed by atoms with E-state index in [1.165, 1.54) is 64.2 Å². The first kappa shape index (κ1) is 22.1. The molecule has 0 aromatic carbocycles. The molecule has 0 heterocycles.